The molecular formula is C30H25F3O2. The molecule has 0 bridgehead atoms. The second kappa shape index (κ2) is 9.96. The van der Waals surface area contributed by atoms with Crippen molar-refractivity contribution in [2.45, 2.75) is 32.5 Å². The van der Waals surface area contributed by atoms with E-state index in [1.54, 1.807) is 42.5 Å². The van der Waals surface area contributed by atoms with Gasteiger partial charge in [0.1, 0.15) is 24.3 Å². The molecule has 4 aromatic rings. The lowest BCUT2D eigenvalue weighted by atomic mass is 9.97. The second-order valence-electron chi connectivity index (χ2n) is 8.73. The second-order valence-corrected chi connectivity index (χ2v) is 8.73. The molecule has 1 aliphatic heterocycles. The Morgan fingerprint density at radius 1 is 0.771 bits per heavy atom. The Morgan fingerprint density at radius 3 is 1.89 bits per heavy atom. The first-order valence-electron chi connectivity index (χ1n) is 11.7. The minimum absolute atomic E-state index is 0.136. The maximum absolute atomic E-state index is 15.0. The Hall–Kier alpha value is -3.57. The fraction of sp³-hybridized carbons (Fsp3) is 0.200. The van der Waals surface area contributed by atoms with Gasteiger partial charge in [-0.15, -0.1) is 0 Å². The number of rotatable bonds is 8. The number of benzene rings is 4. The zero-order valence-corrected chi connectivity index (χ0v) is 19.4. The molecule has 5 rings (SSSR count). The van der Waals surface area contributed by atoms with E-state index >= 15 is 0 Å². The summed E-state index contributed by atoms with van der Waals surface area (Å²) in [7, 11) is 0. The van der Waals surface area contributed by atoms with Crippen molar-refractivity contribution in [1.82, 2.24) is 0 Å². The van der Waals surface area contributed by atoms with E-state index in [9.17, 15) is 13.2 Å². The third-order valence-electron chi connectivity index (χ3n) is 6.20. The summed E-state index contributed by atoms with van der Waals surface area (Å²) in [4.78, 5) is 0. The number of epoxide rings is 1. The van der Waals surface area contributed by atoms with Gasteiger partial charge < -0.3 is 9.47 Å². The predicted octanol–water partition coefficient (Wildman–Crippen LogP) is 8.04. The molecule has 0 radical (unpaired) electrons. The van der Waals surface area contributed by atoms with Gasteiger partial charge in [0, 0.05) is 16.7 Å². The molecule has 2 nitrogen and oxygen atoms in total. The highest BCUT2D eigenvalue weighted by Crippen LogP contribution is 2.33. The van der Waals surface area contributed by atoms with Crippen molar-refractivity contribution in [2.75, 3.05) is 6.61 Å². The van der Waals surface area contributed by atoms with Gasteiger partial charge in [0.15, 0.2) is 11.6 Å². The Morgan fingerprint density at radius 2 is 1.34 bits per heavy atom. The summed E-state index contributed by atoms with van der Waals surface area (Å²) < 4.78 is 55.0. The summed E-state index contributed by atoms with van der Waals surface area (Å²) in [5.74, 6) is -1.51. The van der Waals surface area contributed by atoms with Gasteiger partial charge in [0.25, 0.3) is 0 Å². The zero-order valence-electron chi connectivity index (χ0n) is 19.4. The van der Waals surface area contributed by atoms with Crippen LogP contribution >= 0.6 is 0 Å². The topological polar surface area (TPSA) is 21.8 Å². The van der Waals surface area contributed by atoms with Gasteiger partial charge in [-0.25, -0.2) is 13.2 Å². The molecule has 178 valence electrons. The summed E-state index contributed by atoms with van der Waals surface area (Å²) in [6.07, 6.45) is 1.85. The van der Waals surface area contributed by atoms with Crippen molar-refractivity contribution >= 4 is 0 Å². The molecule has 0 amide bonds. The van der Waals surface area contributed by atoms with Crippen molar-refractivity contribution in [2.24, 2.45) is 0 Å². The fourth-order valence-corrected chi connectivity index (χ4v) is 4.18. The molecule has 0 aliphatic carbocycles. The average Bonchev–Trinajstić information content (AvgIpc) is 3.71. The van der Waals surface area contributed by atoms with Crippen LogP contribution in [0, 0.1) is 17.5 Å². The Balaban J connectivity index is 1.28. The van der Waals surface area contributed by atoms with Crippen LogP contribution in [0.2, 0.25) is 0 Å². The minimum atomic E-state index is -0.885. The van der Waals surface area contributed by atoms with Crippen LogP contribution < -0.4 is 4.74 Å². The number of hydrogen-bond acceptors (Lipinski definition) is 2. The van der Waals surface area contributed by atoms with Gasteiger partial charge >= 0.3 is 0 Å². The van der Waals surface area contributed by atoms with Crippen LogP contribution in [0.25, 0.3) is 22.3 Å². The van der Waals surface area contributed by atoms with Crippen LogP contribution in [0.4, 0.5) is 13.2 Å². The highest BCUT2D eigenvalue weighted by Gasteiger charge is 2.27. The van der Waals surface area contributed by atoms with Crippen LogP contribution in [0.1, 0.15) is 36.1 Å². The van der Waals surface area contributed by atoms with Gasteiger partial charge in [0.2, 0.25) is 0 Å². The fourth-order valence-electron chi connectivity index (χ4n) is 4.18. The van der Waals surface area contributed by atoms with E-state index in [1.165, 1.54) is 11.6 Å². The molecule has 1 unspecified atom stereocenters. The molecule has 1 saturated heterocycles. The Labute approximate surface area is 203 Å². The smallest absolute Gasteiger partial charge is 0.167 e. The Bertz CT molecular complexity index is 1330. The normalized spacial score (nSPS) is 14.7. The van der Waals surface area contributed by atoms with E-state index in [2.05, 4.69) is 6.92 Å². The molecule has 0 spiro atoms. The van der Waals surface area contributed by atoms with Crippen molar-refractivity contribution in [3.63, 3.8) is 0 Å². The first-order chi connectivity index (χ1) is 17.0. The molecule has 1 aliphatic rings. The average molecular weight is 475 g/mol. The van der Waals surface area contributed by atoms with Crippen LogP contribution in [0.15, 0.2) is 78.9 Å². The minimum Gasteiger partial charge on any atom is -0.489 e. The summed E-state index contributed by atoms with van der Waals surface area (Å²) >= 11 is 0. The van der Waals surface area contributed by atoms with Gasteiger partial charge in [-0.3, -0.25) is 0 Å². The monoisotopic (exact) mass is 474 g/mol. The van der Waals surface area contributed by atoms with E-state index in [-0.39, 0.29) is 29.7 Å². The molecule has 1 atom stereocenters. The number of aryl methyl sites for hydroxylation is 1. The van der Waals surface area contributed by atoms with Crippen molar-refractivity contribution in [3.05, 3.63) is 113 Å². The van der Waals surface area contributed by atoms with Crippen molar-refractivity contribution < 1.29 is 22.6 Å². The largest absolute Gasteiger partial charge is 0.489 e. The number of hydrogen-bond donors (Lipinski definition) is 0. The molecule has 35 heavy (non-hydrogen) atoms. The highest BCUT2D eigenvalue weighted by molar-refractivity contribution is 5.72. The standard InChI is InChI=1S/C30H25F3O2/c1-2-3-19-4-7-21(8-5-19)24-14-15-25(30(33)29(24)32)22-9-11-23(12-10-22)34-17-20-6-13-26(27(31)16-20)28-18-35-28/h4-16,28H,2-3,17-18H2,1H3. The lowest BCUT2D eigenvalue weighted by Crippen LogP contribution is -1.98. The number of halogens is 3. The van der Waals surface area contributed by atoms with Crippen LogP contribution in [0.3, 0.4) is 0 Å². The zero-order chi connectivity index (χ0) is 24.4. The molecule has 1 heterocycles. The molecule has 1 fully saturated rings. The quantitative estimate of drug-likeness (QED) is 0.241. The molecule has 0 aromatic heterocycles. The summed E-state index contributed by atoms with van der Waals surface area (Å²) in [5.41, 5.74) is 4.03. The lowest BCUT2D eigenvalue weighted by Gasteiger charge is -2.11. The van der Waals surface area contributed by atoms with Gasteiger partial charge in [-0.1, -0.05) is 74.0 Å². The van der Waals surface area contributed by atoms with Gasteiger partial charge in [-0.05, 0) is 46.9 Å². The Kier molecular flexibility index (Phi) is 6.60. The molecule has 0 N–H and O–H groups in total. The van der Waals surface area contributed by atoms with E-state index in [0.717, 1.165) is 12.8 Å². The van der Waals surface area contributed by atoms with E-state index < -0.39 is 11.6 Å². The molecule has 5 heteroatoms. The summed E-state index contributed by atoms with van der Waals surface area (Å²) in [6, 6.07) is 22.5. The summed E-state index contributed by atoms with van der Waals surface area (Å²) in [6.45, 7) is 2.85. The van der Waals surface area contributed by atoms with Crippen LogP contribution in [0.5, 0.6) is 5.75 Å². The maximum atomic E-state index is 15.0. The van der Waals surface area contributed by atoms with Crippen molar-refractivity contribution in [3.8, 4) is 28.0 Å². The van der Waals surface area contributed by atoms with E-state index in [1.807, 2.05) is 30.3 Å². The molecule has 4 aromatic carbocycles. The SMILES string of the molecule is CCCc1ccc(-c2ccc(-c3ccc(OCc4ccc(C5CO5)c(F)c4)cc3)c(F)c2F)cc1. The molecule has 0 saturated carbocycles. The van der Waals surface area contributed by atoms with Gasteiger partial charge in [-0.2, -0.15) is 0 Å². The molecular weight excluding hydrogens is 449 g/mol. The lowest BCUT2D eigenvalue weighted by molar-refractivity contribution is 0.305. The van der Waals surface area contributed by atoms with Crippen LogP contribution in [-0.4, -0.2) is 6.61 Å². The predicted molar refractivity (Wildman–Crippen MR) is 131 cm³/mol. The summed E-state index contributed by atoms with van der Waals surface area (Å²) in [5, 5.41) is 0. The highest BCUT2D eigenvalue weighted by atomic mass is 19.2. The van der Waals surface area contributed by atoms with Gasteiger partial charge in [0.05, 0.1) is 6.61 Å². The number of ether oxygens (including phenoxy) is 2. The first-order valence-corrected chi connectivity index (χ1v) is 11.7. The van der Waals surface area contributed by atoms with Crippen molar-refractivity contribution in [1.29, 1.82) is 0 Å². The van der Waals surface area contributed by atoms with E-state index in [4.69, 9.17) is 9.47 Å². The van der Waals surface area contributed by atoms with E-state index in [0.29, 0.717) is 34.6 Å². The third-order valence-corrected chi connectivity index (χ3v) is 6.20. The third kappa shape index (κ3) is 5.10. The first kappa shape index (κ1) is 23.2. The van der Waals surface area contributed by atoms with Crippen LogP contribution in [-0.2, 0) is 17.8 Å². The maximum Gasteiger partial charge on any atom is 0.167 e.